The Hall–Kier alpha value is -1.72. The van der Waals surface area contributed by atoms with Gasteiger partial charge in [0.15, 0.2) is 5.13 Å². The first-order valence-corrected chi connectivity index (χ1v) is 7.56. The van der Waals surface area contributed by atoms with Crippen LogP contribution in [0.5, 0.6) is 0 Å². The Labute approximate surface area is 121 Å². The lowest BCUT2D eigenvalue weighted by Crippen LogP contribution is -2.18. The average Bonchev–Trinajstić information content (AvgIpc) is 3.21. The number of nitrogens with one attached hydrogen (secondary N) is 1. The molecule has 1 aromatic carbocycles. The molecule has 0 radical (unpaired) electrons. The summed E-state index contributed by atoms with van der Waals surface area (Å²) in [6.45, 7) is 0.493. The molecule has 5 heteroatoms. The third-order valence-corrected chi connectivity index (χ3v) is 3.88. The second-order valence-corrected chi connectivity index (χ2v) is 5.74. The largest absolute Gasteiger partial charge is 0.367 e. The number of ether oxygens (including phenoxy) is 1. The van der Waals surface area contributed by atoms with Crippen LogP contribution < -0.4 is 5.32 Å². The molecule has 1 aliphatic rings. The van der Waals surface area contributed by atoms with Gasteiger partial charge in [0.25, 0.3) is 5.91 Å². The minimum Gasteiger partial charge on any atom is -0.367 e. The molecule has 1 aliphatic carbocycles. The third-order valence-electron chi connectivity index (χ3n) is 3.11. The van der Waals surface area contributed by atoms with Gasteiger partial charge in [0.05, 0.1) is 12.3 Å². The zero-order valence-corrected chi connectivity index (χ0v) is 11.9. The van der Waals surface area contributed by atoms with Gasteiger partial charge in [0, 0.05) is 11.3 Å². The third kappa shape index (κ3) is 3.65. The maximum Gasteiger partial charge on any atom is 0.252 e. The molecule has 1 fully saturated rings. The first-order valence-electron chi connectivity index (χ1n) is 6.68. The van der Waals surface area contributed by atoms with Crippen LogP contribution in [0.3, 0.4) is 0 Å². The zero-order chi connectivity index (χ0) is 13.8. The van der Waals surface area contributed by atoms with E-state index >= 15 is 0 Å². The first-order chi connectivity index (χ1) is 9.81. The van der Waals surface area contributed by atoms with Crippen molar-refractivity contribution in [2.45, 2.75) is 25.4 Å². The molecule has 4 nitrogen and oxygen atoms in total. The van der Waals surface area contributed by atoms with E-state index in [1.807, 2.05) is 35.7 Å². The van der Waals surface area contributed by atoms with Crippen molar-refractivity contribution in [3.63, 3.8) is 0 Å². The smallest absolute Gasteiger partial charge is 0.252 e. The number of hydrogen-bond donors (Lipinski definition) is 1. The molecule has 1 saturated carbocycles. The zero-order valence-electron chi connectivity index (χ0n) is 11.0. The maximum atomic E-state index is 11.7. The Morgan fingerprint density at radius 1 is 1.35 bits per heavy atom. The highest BCUT2D eigenvalue weighted by Gasteiger charge is 2.26. The summed E-state index contributed by atoms with van der Waals surface area (Å²) in [7, 11) is 0. The van der Waals surface area contributed by atoms with E-state index in [1.54, 1.807) is 0 Å². The number of nitrogens with zero attached hydrogens (tertiary/aromatic N) is 1. The molecule has 2 aromatic rings. The molecule has 1 aromatic heterocycles. The SMILES string of the molecule is O=C(COCc1ccccc1)Nc1nc(C2CC2)cs1. The molecule has 0 aliphatic heterocycles. The van der Waals surface area contributed by atoms with E-state index < -0.39 is 0 Å². The van der Waals surface area contributed by atoms with Crippen LogP contribution in [0.4, 0.5) is 5.13 Å². The number of benzene rings is 1. The van der Waals surface area contributed by atoms with Crippen LogP contribution in [-0.2, 0) is 16.1 Å². The predicted octanol–water partition coefficient (Wildman–Crippen LogP) is 3.18. The fourth-order valence-corrected chi connectivity index (χ4v) is 2.71. The molecule has 0 spiro atoms. The molecular weight excluding hydrogens is 272 g/mol. The fraction of sp³-hybridized carbons (Fsp3) is 0.333. The Morgan fingerprint density at radius 2 is 2.15 bits per heavy atom. The summed E-state index contributed by atoms with van der Waals surface area (Å²) < 4.78 is 5.39. The van der Waals surface area contributed by atoms with Crippen molar-refractivity contribution >= 4 is 22.4 Å². The molecule has 1 amide bonds. The number of anilines is 1. The Bertz CT molecular complexity index is 579. The second-order valence-electron chi connectivity index (χ2n) is 4.88. The summed E-state index contributed by atoms with van der Waals surface area (Å²) in [5.74, 6) is 0.462. The number of aromatic nitrogens is 1. The van der Waals surface area contributed by atoms with Gasteiger partial charge >= 0.3 is 0 Å². The summed E-state index contributed by atoms with van der Waals surface area (Å²) in [6.07, 6.45) is 2.44. The summed E-state index contributed by atoms with van der Waals surface area (Å²) in [5.41, 5.74) is 2.17. The van der Waals surface area contributed by atoms with Gasteiger partial charge in [-0.3, -0.25) is 10.1 Å². The van der Waals surface area contributed by atoms with E-state index in [0.717, 1.165) is 11.3 Å². The number of carbonyl (C=O) groups is 1. The van der Waals surface area contributed by atoms with Crippen LogP contribution in [0.1, 0.15) is 30.0 Å². The lowest BCUT2D eigenvalue weighted by Gasteiger charge is -2.04. The van der Waals surface area contributed by atoms with Crippen LogP contribution >= 0.6 is 11.3 Å². The molecule has 0 saturated heterocycles. The van der Waals surface area contributed by atoms with Crippen LogP contribution in [0.15, 0.2) is 35.7 Å². The molecule has 0 bridgehead atoms. The quantitative estimate of drug-likeness (QED) is 0.888. The number of thiazole rings is 1. The molecule has 1 heterocycles. The van der Waals surface area contributed by atoms with E-state index in [-0.39, 0.29) is 12.5 Å². The number of rotatable bonds is 6. The molecule has 3 rings (SSSR count). The number of amides is 1. The maximum absolute atomic E-state index is 11.7. The summed E-state index contributed by atoms with van der Waals surface area (Å²) in [4.78, 5) is 16.1. The van der Waals surface area contributed by atoms with E-state index in [2.05, 4.69) is 10.3 Å². The lowest BCUT2D eigenvalue weighted by molar-refractivity contribution is -0.121. The Balaban J connectivity index is 1.42. The van der Waals surface area contributed by atoms with Gasteiger partial charge in [0.2, 0.25) is 0 Å². The number of hydrogen-bond acceptors (Lipinski definition) is 4. The van der Waals surface area contributed by atoms with Crippen LogP contribution in [0, 0.1) is 0 Å². The second kappa shape index (κ2) is 6.15. The standard InChI is InChI=1S/C15H16N2O2S/c18-14(9-19-8-11-4-2-1-3-5-11)17-15-16-13(10-20-15)12-6-7-12/h1-5,10,12H,6-9H2,(H,16,17,18). The molecule has 1 N–H and O–H groups in total. The van der Waals surface area contributed by atoms with E-state index in [1.165, 1.54) is 24.2 Å². The molecule has 20 heavy (non-hydrogen) atoms. The van der Waals surface area contributed by atoms with Crippen LogP contribution in [0.25, 0.3) is 0 Å². The van der Waals surface area contributed by atoms with Crippen LogP contribution in [0.2, 0.25) is 0 Å². The highest BCUT2D eigenvalue weighted by Crippen LogP contribution is 2.40. The van der Waals surface area contributed by atoms with Crippen molar-refractivity contribution in [3.8, 4) is 0 Å². The average molecular weight is 288 g/mol. The van der Waals surface area contributed by atoms with Gasteiger partial charge in [-0.1, -0.05) is 30.3 Å². The van der Waals surface area contributed by atoms with E-state index in [9.17, 15) is 4.79 Å². The van der Waals surface area contributed by atoms with Crippen molar-refractivity contribution in [1.29, 1.82) is 0 Å². The minimum atomic E-state index is -0.155. The van der Waals surface area contributed by atoms with Gasteiger partial charge in [-0.05, 0) is 18.4 Å². The van der Waals surface area contributed by atoms with Gasteiger partial charge in [-0.15, -0.1) is 11.3 Å². The molecule has 0 atom stereocenters. The van der Waals surface area contributed by atoms with Gasteiger partial charge in [0.1, 0.15) is 6.61 Å². The van der Waals surface area contributed by atoms with Gasteiger partial charge in [-0.2, -0.15) is 0 Å². The van der Waals surface area contributed by atoms with Crippen molar-refractivity contribution in [3.05, 3.63) is 47.0 Å². The van der Waals surface area contributed by atoms with Crippen molar-refractivity contribution in [2.75, 3.05) is 11.9 Å². The highest BCUT2D eigenvalue weighted by molar-refractivity contribution is 7.13. The summed E-state index contributed by atoms with van der Waals surface area (Å²) in [5, 5.41) is 5.47. The Morgan fingerprint density at radius 3 is 2.90 bits per heavy atom. The lowest BCUT2D eigenvalue weighted by atomic mass is 10.2. The van der Waals surface area contributed by atoms with Gasteiger partial charge in [-0.25, -0.2) is 4.98 Å². The minimum absolute atomic E-state index is 0.0488. The van der Waals surface area contributed by atoms with Crippen molar-refractivity contribution in [2.24, 2.45) is 0 Å². The number of carbonyl (C=O) groups excluding carboxylic acids is 1. The highest BCUT2D eigenvalue weighted by atomic mass is 32.1. The van der Waals surface area contributed by atoms with Gasteiger partial charge < -0.3 is 4.74 Å². The first kappa shape index (κ1) is 13.3. The predicted molar refractivity (Wildman–Crippen MR) is 78.8 cm³/mol. The van der Waals surface area contributed by atoms with E-state index in [4.69, 9.17) is 4.74 Å². The normalized spacial score (nSPS) is 14.2. The summed E-state index contributed by atoms with van der Waals surface area (Å²) >= 11 is 1.48. The van der Waals surface area contributed by atoms with E-state index in [0.29, 0.717) is 17.7 Å². The topological polar surface area (TPSA) is 51.2 Å². The fourth-order valence-electron chi connectivity index (χ4n) is 1.90. The van der Waals surface area contributed by atoms with Crippen molar-refractivity contribution < 1.29 is 9.53 Å². The molecule has 104 valence electrons. The molecular formula is C15H16N2O2S. The molecule has 0 unspecified atom stereocenters. The van der Waals surface area contributed by atoms with Crippen LogP contribution in [-0.4, -0.2) is 17.5 Å². The monoisotopic (exact) mass is 288 g/mol. The summed E-state index contributed by atoms with van der Waals surface area (Å²) in [6, 6.07) is 9.80. The Kier molecular flexibility index (Phi) is 4.08. The van der Waals surface area contributed by atoms with Crippen molar-refractivity contribution in [1.82, 2.24) is 4.98 Å².